The Bertz CT molecular complexity index is 260. The van der Waals surface area contributed by atoms with Gasteiger partial charge in [-0.05, 0) is 14.1 Å². The molecule has 1 aromatic rings. The average Bonchev–Trinajstić information content (AvgIpc) is 2.47. The molecule has 13 heavy (non-hydrogen) atoms. The van der Waals surface area contributed by atoms with Crippen molar-refractivity contribution in [2.75, 3.05) is 39.1 Å². The monoisotopic (exact) mass is 185 g/mol. The summed E-state index contributed by atoms with van der Waals surface area (Å²) in [6.45, 7) is 1.74. The zero-order chi connectivity index (χ0) is 9.84. The van der Waals surface area contributed by atoms with Crippen LogP contribution in [0.15, 0.2) is 10.7 Å². The Morgan fingerprint density at radius 1 is 1.38 bits per heavy atom. The van der Waals surface area contributed by atoms with Crippen LogP contribution in [0.3, 0.4) is 0 Å². The largest absolute Gasteiger partial charge is 0.478 e. The van der Waals surface area contributed by atoms with Gasteiger partial charge in [-0.3, -0.25) is 0 Å². The van der Waals surface area contributed by atoms with Crippen molar-refractivity contribution in [2.45, 2.75) is 0 Å². The van der Waals surface area contributed by atoms with Crippen molar-refractivity contribution in [1.82, 2.24) is 10.1 Å². The van der Waals surface area contributed by atoms with Crippen LogP contribution in [0.25, 0.3) is 0 Å². The van der Waals surface area contributed by atoms with E-state index < -0.39 is 0 Å². The second-order valence-electron chi connectivity index (χ2n) is 3.24. The molecule has 0 unspecified atom stereocenters. The topological polar surface area (TPSA) is 52.7 Å². The maximum atomic E-state index is 9.20. The third-order valence-corrected chi connectivity index (χ3v) is 1.83. The van der Waals surface area contributed by atoms with Gasteiger partial charge in [0.05, 0.1) is 6.20 Å². The van der Waals surface area contributed by atoms with Crippen LogP contribution in [-0.2, 0) is 0 Å². The zero-order valence-corrected chi connectivity index (χ0v) is 8.19. The Balaban J connectivity index is 2.49. The van der Waals surface area contributed by atoms with E-state index in [4.69, 9.17) is 0 Å². The number of nitrogens with zero attached hydrogens (tertiary/aromatic N) is 3. The molecule has 1 N–H and O–H groups in total. The van der Waals surface area contributed by atoms with Crippen LogP contribution in [0.1, 0.15) is 0 Å². The van der Waals surface area contributed by atoms with Crippen molar-refractivity contribution >= 4 is 5.69 Å². The molecule has 74 valence electrons. The minimum Gasteiger partial charge on any atom is -0.478 e. The molecule has 1 heterocycles. The highest BCUT2D eigenvalue weighted by atomic mass is 16.5. The second kappa shape index (κ2) is 4.13. The van der Waals surface area contributed by atoms with Crippen molar-refractivity contribution in [1.29, 1.82) is 0 Å². The molecular formula is C8H15N3O2. The predicted molar refractivity (Wildman–Crippen MR) is 50.0 cm³/mol. The number of likely N-dealkylation sites (N-methyl/N-ethyl adjacent to an activating group) is 2. The molecule has 0 saturated heterocycles. The summed E-state index contributed by atoms with van der Waals surface area (Å²) in [7, 11) is 5.89. The van der Waals surface area contributed by atoms with Crippen molar-refractivity contribution in [3.8, 4) is 5.95 Å². The summed E-state index contributed by atoms with van der Waals surface area (Å²) in [5.41, 5.74) is 0.627. The van der Waals surface area contributed by atoms with E-state index in [-0.39, 0.29) is 5.95 Å². The van der Waals surface area contributed by atoms with Gasteiger partial charge < -0.3 is 19.4 Å². The Morgan fingerprint density at radius 2 is 2.08 bits per heavy atom. The summed E-state index contributed by atoms with van der Waals surface area (Å²) < 4.78 is 4.54. The predicted octanol–water partition coefficient (Wildman–Crippen LogP) is 0.378. The number of rotatable bonds is 4. The van der Waals surface area contributed by atoms with Crippen molar-refractivity contribution in [3.63, 3.8) is 0 Å². The molecular weight excluding hydrogens is 170 g/mol. The fourth-order valence-electron chi connectivity index (χ4n) is 0.960. The van der Waals surface area contributed by atoms with E-state index in [2.05, 4.69) is 14.6 Å². The molecule has 5 heteroatoms. The first kappa shape index (κ1) is 9.85. The Hall–Kier alpha value is -1.23. The van der Waals surface area contributed by atoms with Gasteiger partial charge >= 0.3 is 5.95 Å². The summed E-state index contributed by atoms with van der Waals surface area (Å²) in [6, 6.07) is 0. The van der Waals surface area contributed by atoms with Crippen LogP contribution in [0, 0.1) is 0 Å². The van der Waals surface area contributed by atoms with Crippen LogP contribution < -0.4 is 4.90 Å². The molecule has 0 bridgehead atoms. The van der Waals surface area contributed by atoms with E-state index in [1.807, 2.05) is 26.0 Å². The maximum absolute atomic E-state index is 9.20. The number of anilines is 1. The number of hydrogen-bond acceptors (Lipinski definition) is 5. The van der Waals surface area contributed by atoms with E-state index >= 15 is 0 Å². The zero-order valence-electron chi connectivity index (χ0n) is 8.19. The van der Waals surface area contributed by atoms with Gasteiger partial charge in [0.15, 0.2) is 0 Å². The lowest BCUT2D eigenvalue weighted by Gasteiger charge is -2.18. The molecule has 0 aliphatic carbocycles. The van der Waals surface area contributed by atoms with Crippen LogP contribution in [0.2, 0.25) is 0 Å². The molecule has 0 aliphatic heterocycles. The second-order valence-corrected chi connectivity index (χ2v) is 3.24. The van der Waals surface area contributed by atoms with Crippen LogP contribution in [0.5, 0.6) is 5.95 Å². The molecule has 0 fully saturated rings. The fraction of sp³-hybridized carbons (Fsp3) is 0.625. The summed E-state index contributed by atoms with van der Waals surface area (Å²) in [5.74, 6) is -0.124. The molecule has 0 radical (unpaired) electrons. The number of hydrogen-bond donors (Lipinski definition) is 1. The quantitative estimate of drug-likeness (QED) is 0.734. The van der Waals surface area contributed by atoms with E-state index in [0.717, 1.165) is 13.1 Å². The lowest BCUT2D eigenvalue weighted by Crippen LogP contribution is -2.28. The van der Waals surface area contributed by atoms with Crippen LogP contribution in [0.4, 0.5) is 5.69 Å². The smallest absolute Gasteiger partial charge is 0.332 e. The number of aromatic hydroxyl groups is 1. The van der Waals surface area contributed by atoms with Crippen molar-refractivity contribution in [3.05, 3.63) is 6.20 Å². The van der Waals surface area contributed by atoms with Crippen LogP contribution >= 0.6 is 0 Å². The maximum Gasteiger partial charge on any atom is 0.332 e. The molecule has 0 spiro atoms. The molecule has 1 rings (SSSR count). The average molecular weight is 185 g/mol. The Kier molecular flexibility index (Phi) is 3.13. The van der Waals surface area contributed by atoms with Gasteiger partial charge in [-0.15, -0.1) is 0 Å². The van der Waals surface area contributed by atoms with Crippen molar-refractivity contribution in [2.24, 2.45) is 0 Å². The Labute approximate surface area is 77.5 Å². The van der Waals surface area contributed by atoms with Crippen molar-refractivity contribution < 1.29 is 9.63 Å². The molecule has 0 saturated carbocycles. The first-order valence-electron chi connectivity index (χ1n) is 4.10. The van der Waals surface area contributed by atoms with Gasteiger partial charge in [0.1, 0.15) is 5.69 Å². The van der Waals surface area contributed by atoms with Gasteiger partial charge in [-0.25, -0.2) is 0 Å². The molecule has 0 aromatic carbocycles. The van der Waals surface area contributed by atoms with Gasteiger partial charge in [0.2, 0.25) is 0 Å². The summed E-state index contributed by atoms with van der Waals surface area (Å²) >= 11 is 0. The minimum absolute atomic E-state index is 0.124. The van der Waals surface area contributed by atoms with E-state index in [0.29, 0.717) is 5.69 Å². The standard InChI is InChI=1S/C8H15N3O2/c1-10(2)4-5-11(3)7-6-9-13-8(7)12/h6,12H,4-5H2,1-3H3. The van der Waals surface area contributed by atoms with Gasteiger partial charge in [0, 0.05) is 20.1 Å². The Morgan fingerprint density at radius 3 is 2.54 bits per heavy atom. The van der Waals surface area contributed by atoms with Gasteiger partial charge in [-0.1, -0.05) is 5.16 Å². The SMILES string of the molecule is CN(C)CCN(C)c1cnoc1O. The molecule has 0 amide bonds. The minimum atomic E-state index is -0.124. The molecule has 1 aromatic heterocycles. The number of aromatic nitrogens is 1. The highest BCUT2D eigenvalue weighted by molar-refractivity contribution is 5.50. The highest BCUT2D eigenvalue weighted by Gasteiger charge is 2.10. The summed E-state index contributed by atoms with van der Waals surface area (Å²) in [4.78, 5) is 3.97. The summed E-state index contributed by atoms with van der Waals surface area (Å²) in [6.07, 6.45) is 1.50. The first-order chi connectivity index (χ1) is 6.11. The third kappa shape index (κ3) is 2.62. The lowest BCUT2D eigenvalue weighted by atomic mass is 10.4. The normalized spacial score (nSPS) is 10.8. The highest BCUT2D eigenvalue weighted by Crippen LogP contribution is 2.24. The van der Waals surface area contributed by atoms with E-state index in [1.54, 1.807) is 0 Å². The van der Waals surface area contributed by atoms with Crippen LogP contribution in [-0.4, -0.2) is 49.4 Å². The lowest BCUT2D eigenvalue weighted by molar-refractivity contribution is 0.278. The molecule has 0 aliphatic rings. The fourth-order valence-corrected chi connectivity index (χ4v) is 0.960. The molecule has 0 atom stereocenters. The third-order valence-electron chi connectivity index (χ3n) is 1.83. The van der Waals surface area contributed by atoms with E-state index in [9.17, 15) is 5.11 Å². The van der Waals surface area contributed by atoms with E-state index in [1.165, 1.54) is 6.20 Å². The van der Waals surface area contributed by atoms with Gasteiger partial charge in [-0.2, -0.15) is 0 Å². The van der Waals surface area contributed by atoms with Gasteiger partial charge in [0.25, 0.3) is 0 Å². The molecule has 5 nitrogen and oxygen atoms in total. The summed E-state index contributed by atoms with van der Waals surface area (Å²) in [5, 5.41) is 12.7. The first-order valence-corrected chi connectivity index (χ1v) is 4.10.